The molecule has 84 valence electrons. The van der Waals surface area contributed by atoms with E-state index in [9.17, 15) is 0 Å². The Bertz CT molecular complexity index is 268. The van der Waals surface area contributed by atoms with Crippen LogP contribution in [0.1, 0.15) is 31.4 Å². The van der Waals surface area contributed by atoms with Crippen molar-refractivity contribution in [2.45, 2.75) is 44.4 Å². The summed E-state index contributed by atoms with van der Waals surface area (Å²) < 4.78 is 5.84. The molecule has 1 aromatic rings. The van der Waals surface area contributed by atoms with Gasteiger partial charge >= 0.3 is 0 Å². The topological polar surface area (TPSA) is 34.1 Å². The van der Waals surface area contributed by atoms with Gasteiger partial charge in [-0.1, -0.05) is 0 Å². The SMILES string of the molecule is CNC1CCC(OCc2cscn2)CC1. The maximum absolute atomic E-state index is 5.84. The number of aromatic nitrogens is 1. The van der Waals surface area contributed by atoms with Crippen molar-refractivity contribution >= 4 is 11.3 Å². The largest absolute Gasteiger partial charge is 0.372 e. The Morgan fingerprint density at radius 1 is 1.47 bits per heavy atom. The molecule has 0 spiro atoms. The minimum Gasteiger partial charge on any atom is -0.372 e. The molecule has 3 nitrogen and oxygen atoms in total. The van der Waals surface area contributed by atoms with Crippen molar-refractivity contribution in [3.8, 4) is 0 Å². The number of rotatable bonds is 4. The van der Waals surface area contributed by atoms with Gasteiger partial charge in [-0.05, 0) is 32.7 Å². The third-order valence-corrected chi connectivity index (χ3v) is 3.67. The average molecular weight is 226 g/mol. The van der Waals surface area contributed by atoms with Gasteiger partial charge in [0, 0.05) is 11.4 Å². The minimum absolute atomic E-state index is 0.441. The Morgan fingerprint density at radius 3 is 2.87 bits per heavy atom. The van der Waals surface area contributed by atoms with E-state index in [-0.39, 0.29) is 0 Å². The number of nitrogens with zero attached hydrogens (tertiary/aromatic N) is 1. The molecule has 0 bridgehead atoms. The number of nitrogens with one attached hydrogen (secondary N) is 1. The molecule has 1 aromatic heterocycles. The van der Waals surface area contributed by atoms with Crippen LogP contribution in [0.25, 0.3) is 0 Å². The Kier molecular flexibility index (Phi) is 4.11. The second-order valence-corrected chi connectivity index (χ2v) is 4.77. The van der Waals surface area contributed by atoms with E-state index in [0.717, 1.165) is 5.69 Å². The van der Waals surface area contributed by atoms with Crippen molar-refractivity contribution < 1.29 is 4.74 Å². The molecule has 1 N–H and O–H groups in total. The summed E-state index contributed by atoms with van der Waals surface area (Å²) in [4.78, 5) is 4.21. The van der Waals surface area contributed by atoms with Gasteiger partial charge in [-0.15, -0.1) is 11.3 Å². The normalized spacial score (nSPS) is 26.7. The molecule has 1 fully saturated rings. The average Bonchev–Trinajstić information content (AvgIpc) is 2.80. The third-order valence-electron chi connectivity index (χ3n) is 3.03. The lowest BCUT2D eigenvalue weighted by Gasteiger charge is -2.28. The number of hydrogen-bond donors (Lipinski definition) is 1. The maximum atomic E-state index is 5.84. The van der Waals surface area contributed by atoms with Crippen LogP contribution < -0.4 is 5.32 Å². The summed E-state index contributed by atoms with van der Waals surface area (Å²) >= 11 is 1.63. The molecule has 0 radical (unpaired) electrons. The first-order chi connectivity index (χ1) is 7.38. The van der Waals surface area contributed by atoms with E-state index >= 15 is 0 Å². The van der Waals surface area contributed by atoms with Crippen LogP contribution >= 0.6 is 11.3 Å². The van der Waals surface area contributed by atoms with Gasteiger partial charge in [0.2, 0.25) is 0 Å². The molecule has 0 aliphatic heterocycles. The standard InChI is InChI=1S/C11H18N2OS/c1-12-9-2-4-11(5-3-9)14-6-10-7-15-8-13-10/h7-9,11-12H,2-6H2,1H3. The molecule has 0 saturated heterocycles. The van der Waals surface area contributed by atoms with Crippen LogP contribution in [0.2, 0.25) is 0 Å². The van der Waals surface area contributed by atoms with Gasteiger partial charge < -0.3 is 10.1 Å². The first kappa shape index (κ1) is 11.0. The zero-order valence-electron chi connectivity index (χ0n) is 9.11. The number of ether oxygens (including phenoxy) is 1. The highest BCUT2D eigenvalue weighted by atomic mass is 32.1. The highest BCUT2D eigenvalue weighted by Crippen LogP contribution is 2.21. The Hall–Kier alpha value is -0.450. The fraction of sp³-hybridized carbons (Fsp3) is 0.727. The van der Waals surface area contributed by atoms with Crippen LogP contribution in [0.15, 0.2) is 10.9 Å². The van der Waals surface area contributed by atoms with E-state index in [1.54, 1.807) is 11.3 Å². The Morgan fingerprint density at radius 2 is 2.27 bits per heavy atom. The van der Waals surface area contributed by atoms with Crippen LogP contribution in [0.4, 0.5) is 0 Å². The van der Waals surface area contributed by atoms with E-state index < -0.39 is 0 Å². The molecule has 2 rings (SSSR count). The molecule has 0 amide bonds. The van der Waals surface area contributed by atoms with Crippen LogP contribution in [-0.4, -0.2) is 24.2 Å². The lowest BCUT2D eigenvalue weighted by molar-refractivity contribution is 0.0105. The van der Waals surface area contributed by atoms with Gasteiger partial charge in [0.1, 0.15) is 0 Å². The lowest BCUT2D eigenvalue weighted by atomic mass is 9.93. The molecule has 1 saturated carbocycles. The summed E-state index contributed by atoms with van der Waals surface area (Å²) in [5, 5.41) is 5.38. The zero-order chi connectivity index (χ0) is 10.5. The van der Waals surface area contributed by atoms with Crippen LogP contribution in [0, 0.1) is 0 Å². The molecule has 1 heterocycles. The van der Waals surface area contributed by atoms with Gasteiger partial charge in [0.05, 0.1) is 23.9 Å². The third kappa shape index (κ3) is 3.26. The van der Waals surface area contributed by atoms with E-state index in [0.29, 0.717) is 18.8 Å². The quantitative estimate of drug-likeness (QED) is 0.854. The van der Waals surface area contributed by atoms with Crippen molar-refractivity contribution in [3.05, 3.63) is 16.6 Å². The summed E-state index contributed by atoms with van der Waals surface area (Å²) in [6, 6.07) is 0.698. The van der Waals surface area contributed by atoms with Gasteiger partial charge in [-0.2, -0.15) is 0 Å². The second-order valence-electron chi connectivity index (χ2n) is 4.05. The number of hydrogen-bond acceptors (Lipinski definition) is 4. The fourth-order valence-electron chi connectivity index (χ4n) is 2.03. The second kappa shape index (κ2) is 5.58. The highest BCUT2D eigenvalue weighted by Gasteiger charge is 2.20. The highest BCUT2D eigenvalue weighted by molar-refractivity contribution is 7.07. The molecule has 0 unspecified atom stereocenters. The first-order valence-electron chi connectivity index (χ1n) is 5.54. The molecule has 1 aliphatic rings. The summed E-state index contributed by atoms with van der Waals surface area (Å²) in [5.41, 5.74) is 2.92. The van der Waals surface area contributed by atoms with Crippen molar-refractivity contribution in [2.24, 2.45) is 0 Å². The molecule has 15 heavy (non-hydrogen) atoms. The van der Waals surface area contributed by atoms with Crippen LogP contribution in [-0.2, 0) is 11.3 Å². The van der Waals surface area contributed by atoms with Crippen LogP contribution in [0.5, 0.6) is 0 Å². The van der Waals surface area contributed by atoms with Crippen LogP contribution in [0.3, 0.4) is 0 Å². The molecule has 0 aromatic carbocycles. The summed E-state index contributed by atoms with van der Waals surface area (Å²) in [7, 11) is 2.04. The van der Waals surface area contributed by atoms with Gasteiger partial charge in [-0.3, -0.25) is 0 Å². The molecule has 0 atom stereocenters. The Balaban J connectivity index is 1.69. The molecule has 4 heteroatoms. The van der Waals surface area contributed by atoms with Gasteiger partial charge in [0.25, 0.3) is 0 Å². The van der Waals surface area contributed by atoms with E-state index in [2.05, 4.69) is 15.7 Å². The van der Waals surface area contributed by atoms with Crippen molar-refractivity contribution in [1.29, 1.82) is 0 Å². The smallest absolute Gasteiger partial charge is 0.0900 e. The monoisotopic (exact) mass is 226 g/mol. The predicted molar refractivity (Wildman–Crippen MR) is 62.0 cm³/mol. The van der Waals surface area contributed by atoms with Crippen molar-refractivity contribution in [3.63, 3.8) is 0 Å². The summed E-state index contributed by atoms with van der Waals surface area (Å²) in [6.45, 7) is 0.679. The minimum atomic E-state index is 0.441. The lowest BCUT2D eigenvalue weighted by Crippen LogP contribution is -2.32. The molecular formula is C11H18N2OS. The van der Waals surface area contributed by atoms with E-state index in [1.807, 2.05) is 12.6 Å². The van der Waals surface area contributed by atoms with Crippen molar-refractivity contribution in [2.75, 3.05) is 7.05 Å². The summed E-state index contributed by atoms with van der Waals surface area (Å²) in [6.07, 6.45) is 5.26. The molecular weight excluding hydrogens is 208 g/mol. The predicted octanol–water partition coefficient (Wildman–Crippen LogP) is 2.19. The van der Waals surface area contributed by atoms with E-state index in [4.69, 9.17) is 4.74 Å². The first-order valence-corrected chi connectivity index (χ1v) is 6.48. The Labute approximate surface area is 94.9 Å². The fourth-order valence-corrected chi connectivity index (χ4v) is 2.57. The van der Waals surface area contributed by atoms with Gasteiger partial charge in [-0.25, -0.2) is 4.98 Å². The zero-order valence-corrected chi connectivity index (χ0v) is 9.93. The summed E-state index contributed by atoms with van der Waals surface area (Å²) in [5.74, 6) is 0. The maximum Gasteiger partial charge on any atom is 0.0900 e. The number of thiazole rings is 1. The van der Waals surface area contributed by atoms with Gasteiger partial charge in [0.15, 0.2) is 0 Å². The van der Waals surface area contributed by atoms with Crippen molar-refractivity contribution in [1.82, 2.24) is 10.3 Å². The molecule has 1 aliphatic carbocycles. The van der Waals surface area contributed by atoms with E-state index in [1.165, 1.54) is 25.7 Å².